The Labute approximate surface area is 126 Å². The van der Waals surface area contributed by atoms with Crippen molar-refractivity contribution in [2.24, 2.45) is 5.92 Å². The number of piperazine rings is 1. The number of aryl methyl sites for hydroxylation is 1. The van der Waals surface area contributed by atoms with Gasteiger partial charge in [0.25, 0.3) is 5.91 Å². The number of amides is 2. The lowest BCUT2D eigenvalue weighted by Crippen LogP contribution is -2.63. The number of halogens is 1. The minimum Gasteiger partial charge on any atom is -0.342 e. The Bertz CT molecular complexity index is 583. The monoisotopic (exact) mass is 336 g/mol. The maximum absolute atomic E-state index is 12.7. The summed E-state index contributed by atoms with van der Waals surface area (Å²) < 4.78 is 0.948. The zero-order valence-corrected chi connectivity index (χ0v) is 13.1. The summed E-state index contributed by atoms with van der Waals surface area (Å²) in [6.45, 7) is 3.76. The van der Waals surface area contributed by atoms with Gasteiger partial charge in [-0.3, -0.25) is 14.5 Å². The van der Waals surface area contributed by atoms with Crippen molar-refractivity contribution in [3.63, 3.8) is 0 Å². The van der Waals surface area contributed by atoms with E-state index < -0.39 is 6.04 Å². The quantitative estimate of drug-likeness (QED) is 0.901. The van der Waals surface area contributed by atoms with Gasteiger partial charge in [-0.25, -0.2) is 0 Å². The molecule has 2 atom stereocenters. The summed E-state index contributed by atoms with van der Waals surface area (Å²) in [4.78, 5) is 26.4. The molecule has 4 nitrogen and oxygen atoms in total. The lowest BCUT2D eigenvalue weighted by Gasteiger charge is -2.37. The first-order chi connectivity index (χ1) is 9.49. The van der Waals surface area contributed by atoms with Crippen LogP contribution >= 0.6 is 15.9 Å². The van der Waals surface area contributed by atoms with Crippen LogP contribution in [0.15, 0.2) is 22.7 Å². The average molecular weight is 337 g/mol. The van der Waals surface area contributed by atoms with Crippen LogP contribution < -0.4 is 10.2 Å². The Morgan fingerprint density at radius 3 is 2.60 bits per heavy atom. The Morgan fingerprint density at radius 2 is 2.00 bits per heavy atom. The minimum atomic E-state index is -0.466. The molecule has 1 aromatic rings. The second kappa shape index (κ2) is 4.88. The van der Waals surface area contributed by atoms with Crippen LogP contribution in [0.25, 0.3) is 0 Å². The molecular formula is C15H17BrN2O2. The summed E-state index contributed by atoms with van der Waals surface area (Å²) in [5, 5.41) is 2.86. The van der Waals surface area contributed by atoms with Crippen molar-refractivity contribution < 1.29 is 9.59 Å². The molecule has 1 aromatic carbocycles. The van der Waals surface area contributed by atoms with Crippen LogP contribution in [0.2, 0.25) is 0 Å². The van der Waals surface area contributed by atoms with Crippen LogP contribution in [-0.4, -0.2) is 23.9 Å². The fourth-order valence-corrected chi connectivity index (χ4v) is 2.99. The Morgan fingerprint density at radius 1 is 1.30 bits per heavy atom. The molecule has 20 heavy (non-hydrogen) atoms. The molecule has 3 rings (SSSR count). The van der Waals surface area contributed by atoms with Crippen LogP contribution in [0, 0.1) is 12.8 Å². The third-order valence-corrected chi connectivity index (χ3v) is 4.95. The van der Waals surface area contributed by atoms with Crippen LogP contribution in [0.1, 0.15) is 25.3 Å². The second-order valence-electron chi connectivity index (χ2n) is 5.64. The van der Waals surface area contributed by atoms with E-state index in [0.717, 1.165) is 28.6 Å². The van der Waals surface area contributed by atoms with Gasteiger partial charge in [0.05, 0.1) is 0 Å². The number of benzene rings is 1. The first kappa shape index (κ1) is 13.6. The van der Waals surface area contributed by atoms with Crippen LogP contribution in [0.3, 0.4) is 0 Å². The van der Waals surface area contributed by atoms with E-state index >= 15 is 0 Å². The molecule has 1 heterocycles. The Kier molecular flexibility index (Phi) is 3.32. The first-order valence-corrected chi connectivity index (χ1v) is 7.68. The van der Waals surface area contributed by atoms with E-state index in [1.165, 1.54) is 0 Å². The molecule has 0 bridgehead atoms. The van der Waals surface area contributed by atoms with E-state index in [1.54, 1.807) is 11.8 Å². The number of anilines is 1. The summed E-state index contributed by atoms with van der Waals surface area (Å²) in [5.74, 6) is 0.254. The van der Waals surface area contributed by atoms with Crippen molar-refractivity contribution in [3.05, 3.63) is 28.2 Å². The lowest BCUT2D eigenvalue weighted by molar-refractivity contribution is -0.133. The van der Waals surface area contributed by atoms with Gasteiger partial charge in [0.2, 0.25) is 5.91 Å². The summed E-state index contributed by atoms with van der Waals surface area (Å²) in [7, 11) is 0. The number of hydrogen-bond donors (Lipinski definition) is 1. The second-order valence-corrected chi connectivity index (χ2v) is 6.50. The molecule has 2 aliphatic rings. The third-order valence-electron chi connectivity index (χ3n) is 4.09. The Hall–Kier alpha value is -1.36. The molecule has 0 aromatic heterocycles. The summed E-state index contributed by atoms with van der Waals surface area (Å²) in [5.41, 5.74) is 1.88. The molecule has 2 amide bonds. The van der Waals surface area contributed by atoms with Gasteiger partial charge in [-0.05, 0) is 50.3 Å². The van der Waals surface area contributed by atoms with Crippen molar-refractivity contribution in [2.45, 2.75) is 38.8 Å². The predicted octanol–water partition coefficient (Wildman–Crippen LogP) is 2.39. The largest absolute Gasteiger partial charge is 0.342 e. The average Bonchev–Trinajstić information content (AvgIpc) is 3.22. The highest BCUT2D eigenvalue weighted by atomic mass is 79.9. The fraction of sp³-hybridized carbons (Fsp3) is 0.467. The van der Waals surface area contributed by atoms with E-state index in [0.29, 0.717) is 5.92 Å². The molecule has 2 fully saturated rings. The first-order valence-electron chi connectivity index (χ1n) is 6.88. The lowest BCUT2D eigenvalue weighted by atomic mass is 10.0. The van der Waals surface area contributed by atoms with Gasteiger partial charge in [-0.1, -0.05) is 22.0 Å². The van der Waals surface area contributed by atoms with E-state index in [-0.39, 0.29) is 17.9 Å². The number of hydrogen-bond acceptors (Lipinski definition) is 2. The van der Waals surface area contributed by atoms with Gasteiger partial charge in [-0.15, -0.1) is 0 Å². The molecule has 1 N–H and O–H groups in total. The molecular weight excluding hydrogens is 320 g/mol. The van der Waals surface area contributed by atoms with Gasteiger partial charge >= 0.3 is 0 Å². The summed E-state index contributed by atoms with van der Waals surface area (Å²) in [6, 6.07) is 4.95. The smallest absolute Gasteiger partial charge is 0.250 e. The van der Waals surface area contributed by atoms with Crippen LogP contribution in [0.4, 0.5) is 5.69 Å². The molecule has 5 heteroatoms. The molecule has 0 spiro atoms. The molecule has 1 aliphatic carbocycles. The van der Waals surface area contributed by atoms with Gasteiger partial charge in [0, 0.05) is 10.2 Å². The Balaban J connectivity index is 1.97. The maximum atomic E-state index is 12.7. The highest BCUT2D eigenvalue weighted by Gasteiger charge is 2.46. The molecule has 1 saturated carbocycles. The number of carbonyl (C=O) groups excluding carboxylic acids is 2. The molecule has 0 radical (unpaired) electrons. The normalized spacial score (nSPS) is 26.6. The highest BCUT2D eigenvalue weighted by Crippen LogP contribution is 2.36. The molecule has 1 aliphatic heterocycles. The van der Waals surface area contributed by atoms with Crippen molar-refractivity contribution >= 4 is 33.4 Å². The molecule has 106 valence electrons. The summed E-state index contributed by atoms with van der Waals surface area (Å²) in [6.07, 6.45) is 2.05. The van der Waals surface area contributed by atoms with E-state index in [4.69, 9.17) is 0 Å². The minimum absolute atomic E-state index is 0.00959. The van der Waals surface area contributed by atoms with Gasteiger partial charge in [0.15, 0.2) is 0 Å². The number of carbonyl (C=O) groups is 2. The van der Waals surface area contributed by atoms with Crippen molar-refractivity contribution in [2.75, 3.05) is 4.90 Å². The van der Waals surface area contributed by atoms with Gasteiger partial charge in [-0.2, -0.15) is 0 Å². The van der Waals surface area contributed by atoms with Crippen molar-refractivity contribution in [1.29, 1.82) is 0 Å². The third kappa shape index (κ3) is 2.24. The van der Waals surface area contributed by atoms with Gasteiger partial charge in [0.1, 0.15) is 12.1 Å². The highest BCUT2D eigenvalue weighted by molar-refractivity contribution is 9.10. The molecule has 2 unspecified atom stereocenters. The predicted molar refractivity (Wildman–Crippen MR) is 80.5 cm³/mol. The van der Waals surface area contributed by atoms with Crippen LogP contribution in [-0.2, 0) is 9.59 Å². The standard InChI is InChI=1S/C15H17BrN2O2/c1-8-3-6-11(7-12(8)16)18-9(2)14(19)17-13(15(18)20)10-4-5-10/h3,6-7,9-10,13H,4-5H2,1-2H3,(H,17,19). The number of nitrogens with one attached hydrogen (secondary N) is 1. The maximum Gasteiger partial charge on any atom is 0.250 e. The van der Waals surface area contributed by atoms with Crippen molar-refractivity contribution in [1.82, 2.24) is 5.32 Å². The SMILES string of the molecule is Cc1ccc(N2C(=O)C(C3CC3)NC(=O)C2C)cc1Br. The molecule has 1 saturated heterocycles. The van der Waals surface area contributed by atoms with E-state index in [9.17, 15) is 9.59 Å². The fourth-order valence-electron chi connectivity index (χ4n) is 2.63. The van der Waals surface area contributed by atoms with Crippen LogP contribution in [0.5, 0.6) is 0 Å². The summed E-state index contributed by atoms with van der Waals surface area (Å²) >= 11 is 3.49. The zero-order valence-electron chi connectivity index (χ0n) is 11.5. The van der Waals surface area contributed by atoms with Crippen molar-refractivity contribution in [3.8, 4) is 0 Å². The van der Waals surface area contributed by atoms with E-state index in [2.05, 4.69) is 21.2 Å². The van der Waals surface area contributed by atoms with Gasteiger partial charge < -0.3 is 5.32 Å². The number of nitrogens with zero attached hydrogens (tertiary/aromatic N) is 1. The van der Waals surface area contributed by atoms with E-state index in [1.807, 2.05) is 25.1 Å². The topological polar surface area (TPSA) is 49.4 Å². The number of rotatable bonds is 2. The zero-order chi connectivity index (χ0) is 14.4.